The van der Waals surface area contributed by atoms with Crippen LogP contribution in [0.15, 0.2) is 24.3 Å². The first-order valence-corrected chi connectivity index (χ1v) is 7.69. The lowest BCUT2D eigenvalue weighted by Gasteiger charge is -2.21. The van der Waals surface area contributed by atoms with Gasteiger partial charge in [-0.1, -0.05) is 6.42 Å². The normalized spacial score (nSPS) is 21.1. The van der Waals surface area contributed by atoms with Crippen molar-refractivity contribution in [2.75, 3.05) is 11.9 Å². The third-order valence-corrected chi connectivity index (χ3v) is 3.84. The number of nitrogens with one attached hydrogen (secondary N) is 1. The van der Waals surface area contributed by atoms with E-state index in [4.69, 9.17) is 10.5 Å². The number of anilines is 1. The van der Waals surface area contributed by atoms with Gasteiger partial charge in [0, 0.05) is 11.6 Å². The van der Waals surface area contributed by atoms with Crippen LogP contribution in [-0.2, 0) is 4.79 Å². The molecular weight excluding hydrogens is 300 g/mol. The Balaban J connectivity index is 0.00000242. The topological polar surface area (TPSA) is 64.3 Å². The second-order valence-electron chi connectivity index (χ2n) is 6.76. The molecule has 0 aromatic heterocycles. The van der Waals surface area contributed by atoms with Gasteiger partial charge in [0.25, 0.3) is 0 Å². The number of hydrogen-bond acceptors (Lipinski definition) is 3. The van der Waals surface area contributed by atoms with Crippen molar-refractivity contribution in [3.63, 3.8) is 0 Å². The van der Waals surface area contributed by atoms with Gasteiger partial charge in [-0.2, -0.15) is 0 Å². The van der Waals surface area contributed by atoms with Crippen molar-refractivity contribution in [3.05, 3.63) is 24.3 Å². The van der Waals surface area contributed by atoms with Crippen molar-refractivity contribution in [2.45, 2.75) is 45.6 Å². The monoisotopic (exact) mass is 326 g/mol. The van der Waals surface area contributed by atoms with E-state index in [1.54, 1.807) is 0 Å². The molecule has 2 rings (SSSR count). The van der Waals surface area contributed by atoms with Gasteiger partial charge in [-0.05, 0) is 70.3 Å². The van der Waals surface area contributed by atoms with Gasteiger partial charge in [-0.15, -0.1) is 12.4 Å². The molecule has 3 N–H and O–H groups in total. The highest BCUT2D eigenvalue weighted by Gasteiger charge is 2.31. The summed E-state index contributed by atoms with van der Waals surface area (Å²) in [6.45, 7) is 6.62. The van der Waals surface area contributed by atoms with Crippen LogP contribution in [0.4, 0.5) is 5.69 Å². The average Bonchev–Trinajstić information content (AvgIpc) is 2.87. The average molecular weight is 327 g/mol. The Kier molecular flexibility index (Phi) is 6.69. The highest BCUT2D eigenvalue weighted by atomic mass is 35.5. The quantitative estimate of drug-likeness (QED) is 0.888. The van der Waals surface area contributed by atoms with E-state index < -0.39 is 0 Å². The molecule has 1 aromatic rings. The van der Waals surface area contributed by atoms with Crippen LogP contribution >= 0.6 is 12.4 Å². The highest BCUT2D eigenvalue weighted by Crippen LogP contribution is 2.32. The lowest BCUT2D eigenvalue weighted by atomic mass is 9.95. The zero-order chi connectivity index (χ0) is 15.5. The zero-order valence-electron chi connectivity index (χ0n) is 13.6. The molecule has 1 amide bonds. The summed E-state index contributed by atoms with van der Waals surface area (Å²) in [4.78, 5) is 12.3. The van der Waals surface area contributed by atoms with Crippen LogP contribution in [0.1, 0.15) is 40.0 Å². The SMILES string of the molecule is CC(C)(C)Oc1ccc(NC(=O)[C@@H]2CCC[C@@H]2CN)cc1.Cl. The third-order valence-electron chi connectivity index (χ3n) is 3.84. The van der Waals surface area contributed by atoms with Crippen LogP contribution in [0.2, 0.25) is 0 Å². The fraction of sp³-hybridized carbons (Fsp3) is 0.588. The number of carbonyl (C=O) groups excluding carboxylic acids is 1. The van der Waals surface area contributed by atoms with E-state index in [2.05, 4.69) is 5.32 Å². The maximum absolute atomic E-state index is 12.3. The summed E-state index contributed by atoms with van der Waals surface area (Å²) in [7, 11) is 0. The number of halogens is 1. The molecule has 5 heteroatoms. The van der Waals surface area contributed by atoms with E-state index in [0.29, 0.717) is 12.5 Å². The second-order valence-corrected chi connectivity index (χ2v) is 6.76. The van der Waals surface area contributed by atoms with Gasteiger partial charge >= 0.3 is 0 Å². The molecule has 1 aliphatic rings. The van der Waals surface area contributed by atoms with E-state index in [-0.39, 0.29) is 29.8 Å². The number of amides is 1. The number of benzene rings is 1. The Morgan fingerprint density at radius 1 is 1.27 bits per heavy atom. The van der Waals surface area contributed by atoms with E-state index in [9.17, 15) is 4.79 Å². The van der Waals surface area contributed by atoms with Gasteiger partial charge in [0.05, 0.1) is 0 Å². The van der Waals surface area contributed by atoms with Gasteiger partial charge in [-0.25, -0.2) is 0 Å². The molecule has 0 unspecified atom stereocenters. The van der Waals surface area contributed by atoms with Gasteiger partial charge in [-0.3, -0.25) is 4.79 Å². The van der Waals surface area contributed by atoms with Gasteiger partial charge in [0.2, 0.25) is 5.91 Å². The van der Waals surface area contributed by atoms with Crippen molar-refractivity contribution in [3.8, 4) is 5.75 Å². The molecule has 2 atom stereocenters. The highest BCUT2D eigenvalue weighted by molar-refractivity contribution is 5.93. The Labute approximate surface area is 139 Å². The fourth-order valence-electron chi connectivity index (χ4n) is 2.86. The Hall–Kier alpha value is -1.26. The van der Waals surface area contributed by atoms with Crippen molar-refractivity contribution in [2.24, 2.45) is 17.6 Å². The number of rotatable bonds is 4. The summed E-state index contributed by atoms with van der Waals surface area (Å²) in [5.74, 6) is 1.28. The van der Waals surface area contributed by atoms with E-state index in [1.807, 2.05) is 45.0 Å². The molecule has 22 heavy (non-hydrogen) atoms. The molecule has 0 bridgehead atoms. The van der Waals surface area contributed by atoms with Crippen molar-refractivity contribution in [1.29, 1.82) is 0 Å². The number of hydrogen-bond donors (Lipinski definition) is 2. The van der Waals surface area contributed by atoms with Crippen LogP contribution in [0, 0.1) is 11.8 Å². The Morgan fingerprint density at radius 3 is 2.45 bits per heavy atom. The molecule has 1 saturated carbocycles. The summed E-state index contributed by atoms with van der Waals surface area (Å²) in [6, 6.07) is 7.53. The minimum absolute atomic E-state index is 0. The standard InChI is InChI=1S/C17H26N2O2.ClH/c1-17(2,3)21-14-9-7-13(8-10-14)19-16(20)15-6-4-5-12(15)11-18;/h7-10,12,15H,4-6,11,18H2,1-3H3,(H,19,20);1H/t12-,15-;/m1./s1. The lowest BCUT2D eigenvalue weighted by molar-refractivity contribution is -0.120. The molecular formula is C17H27ClN2O2. The predicted octanol–water partition coefficient (Wildman–Crippen LogP) is 3.60. The van der Waals surface area contributed by atoms with Crippen molar-refractivity contribution >= 4 is 24.0 Å². The van der Waals surface area contributed by atoms with Crippen LogP contribution in [-0.4, -0.2) is 18.1 Å². The van der Waals surface area contributed by atoms with Crippen LogP contribution < -0.4 is 15.8 Å². The molecule has 0 radical (unpaired) electrons. The summed E-state index contributed by atoms with van der Waals surface area (Å²) < 4.78 is 5.77. The van der Waals surface area contributed by atoms with Crippen LogP contribution in [0.25, 0.3) is 0 Å². The number of ether oxygens (including phenoxy) is 1. The maximum Gasteiger partial charge on any atom is 0.227 e. The molecule has 0 saturated heterocycles. The maximum atomic E-state index is 12.3. The summed E-state index contributed by atoms with van der Waals surface area (Å²) in [5, 5.41) is 2.99. The van der Waals surface area contributed by atoms with Crippen molar-refractivity contribution < 1.29 is 9.53 Å². The number of carbonyl (C=O) groups is 1. The van der Waals surface area contributed by atoms with Crippen molar-refractivity contribution in [1.82, 2.24) is 0 Å². The largest absolute Gasteiger partial charge is 0.488 e. The summed E-state index contributed by atoms with van der Waals surface area (Å²) in [6.07, 6.45) is 3.10. The number of nitrogens with two attached hydrogens (primary N) is 1. The molecule has 124 valence electrons. The predicted molar refractivity (Wildman–Crippen MR) is 92.6 cm³/mol. The van der Waals surface area contributed by atoms with E-state index >= 15 is 0 Å². The fourth-order valence-corrected chi connectivity index (χ4v) is 2.86. The molecule has 4 nitrogen and oxygen atoms in total. The molecule has 1 fully saturated rings. The Bertz CT molecular complexity index is 482. The van der Waals surface area contributed by atoms with Crippen LogP contribution in [0.5, 0.6) is 5.75 Å². The minimum atomic E-state index is -0.219. The van der Waals surface area contributed by atoms with Crippen LogP contribution in [0.3, 0.4) is 0 Å². The Morgan fingerprint density at radius 2 is 1.91 bits per heavy atom. The lowest BCUT2D eigenvalue weighted by Crippen LogP contribution is -2.29. The molecule has 1 aromatic carbocycles. The second kappa shape index (κ2) is 7.84. The first-order valence-electron chi connectivity index (χ1n) is 7.69. The van der Waals surface area contributed by atoms with Gasteiger partial charge in [0.1, 0.15) is 11.4 Å². The molecule has 0 spiro atoms. The van der Waals surface area contributed by atoms with Gasteiger partial charge in [0.15, 0.2) is 0 Å². The van der Waals surface area contributed by atoms with E-state index in [1.165, 1.54) is 0 Å². The first-order chi connectivity index (χ1) is 9.89. The first kappa shape index (κ1) is 18.8. The van der Waals surface area contributed by atoms with Gasteiger partial charge < -0.3 is 15.8 Å². The minimum Gasteiger partial charge on any atom is -0.488 e. The molecule has 1 aliphatic carbocycles. The smallest absolute Gasteiger partial charge is 0.227 e. The molecule has 0 aliphatic heterocycles. The summed E-state index contributed by atoms with van der Waals surface area (Å²) >= 11 is 0. The molecule has 0 heterocycles. The summed E-state index contributed by atoms with van der Waals surface area (Å²) in [5.41, 5.74) is 6.33. The van der Waals surface area contributed by atoms with E-state index in [0.717, 1.165) is 30.7 Å². The third kappa shape index (κ3) is 5.18. The zero-order valence-corrected chi connectivity index (χ0v) is 14.4.